The molecule has 32 heavy (non-hydrogen) atoms. The molecule has 0 aromatic heterocycles. The second-order valence-electron chi connectivity index (χ2n) is 13.0. The van der Waals surface area contributed by atoms with E-state index in [1.54, 1.807) is 17.3 Å². The van der Waals surface area contributed by atoms with E-state index in [1.165, 1.54) is 70.6 Å². The Morgan fingerprint density at radius 3 is 2.56 bits per heavy atom. The number of hydrogen-bond acceptors (Lipinski definition) is 2. The van der Waals surface area contributed by atoms with Gasteiger partial charge in [0, 0.05) is 11.7 Å². The topological polar surface area (TPSA) is 17.1 Å². The van der Waals surface area contributed by atoms with E-state index in [0.717, 1.165) is 35.5 Å². The first-order valence-corrected chi connectivity index (χ1v) is 15.0. The van der Waals surface area contributed by atoms with Gasteiger partial charge in [0.15, 0.2) is 5.12 Å². The summed E-state index contributed by atoms with van der Waals surface area (Å²) in [6.07, 6.45) is 18.6. The molecule has 2 heteroatoms. The zero-order valence-electron chi connectivity index (χ0n) is 21.9. The van der Waals surface area contributed by atoms with E-state index in [9.17, 15) is 4.79 Å². The molecule has 4 aliphatic rings. The van der Waals surface area contributed by atoms with Gasteiger partial charge in [-0.15, -0.1) is 0 Å². The Balaban J connectivity index is 1.45. The highest BCUT2D eigenvalue weighted by Crippen LogP contribution is 2.67. The molecule has 0 heterocycles. The van der Waals surface area contributed by atoms with Gasteiger partial charge < -0.3 is 0 Å². The zero-order valence-corrected chi connectivity index (χ0v) is 22.7. The Bertz CT molecular complexity index is 710. The van der Waals surface area contributed by atoms with Crippen LogP contribution >= 0.6 is 11.8 Å². The van der Waals surface area contributed by atoms with Gasteiger partial charge in [-0.1, -0.05) is 84.2 Å². The van der Waals surface area contributed by atoms with Crippen LogP contribution in [-0.2, 0) is 4.79 Å². The SMILES string of the molecule is CCC(=O)S[C@@H]1CC[C@@]2(C)C(=CC[C@H]3[C@@H]4CC[C@H]([C@@H](C)CCCC(C)C)[C@@]4(C)CC[C@@H]32)C1. The molecule has 0 spiro atoms. The van der Waals surface area contributed by atoms with Crippen molar-refractivity contribution >= 4 is 16.9 Å². The maximum absolute atomic E-state index is 12.0. The molecule has 0 aromatic carbocycles. The van der Waals surface area contributed by atoms with Crippen LogP contribution in [0, 0.1) is 46.3 Å². The molecule has 0 amide bonds. The summed E-state index contributed by atoms with van der Waals surface area (Å²) in [6, 6.07) is 0. The number of thioether (sulfide) groups is 1. The van der Waals surface area contributed by atoms with Crippen LogP contribution in [-0.4, -0.2) is 10.4 Å². The van der Waals surface area contributed by atoms with Crippen LogP contribution in [0.3, 0.4) is 0 Å². The quantitative estimate of drug-likeness (QED) is 0.354. The molecule has 182 valence electrons. The molecule has 0 bridgehead atoms. The van der Waals surface area contributed by atoms with Gasteiger partial charge in [0.25, 0.3) is 0 Å². The third-order valence-electron chi connectivity index (χ3n) is 10.8. The number of allylic oxidation sites excluding steroid dienone is 2. The molecule has 0 aliphatic heterocycles. The molecule has 1 nitrogen and oxygen atoms in total. The molecule has 0 saturated heterocycles. The lowest BCUT2D eigenvalue weighted by molar-refractivity contribution is -0.110. The molecule has 8 atom stereocenters. The predicted molar refractivity (Wildman–Crippen MR) is 140 cm³/mol. The lowest BCUT2D eigenvalue weighted by atomic mass is 9.47. The van der Waals surface area contributed by atoms with Gasteiger partial charge in [0.1, 0.15) is 0 Å². The average molecular weight is 459 g/mol. The van der Waals surface area contributed by atoms with E-state index in [1.807, 2.05) is 6.92 Å². The van der Waals surface area contributed by atoms with Gasteiger partial charge >= 0.3 is 0 Å². The van der Waals surface area contributed by atoms with Crippen molar-refractivity contribution in [1.29, 1.82) is 0 Å². The highest BCUT2D eigenvalue weighted by Gasteiger charge is 2.59. The van der Waals surface area contributed by atoms with E-state index in [0.29, 0.717) is 27.6 Å². The van der Waals surface area contributed by atoms with E-state index in [2.05, 4.69) is 40.7 Å². The van der Waals surface area contributed by atoms with Crippen molar-refractivity contribution in [3.05, 3.63) is 11.6 Å². The van der Waals surface area contributed by atoms with Gasteiger partial charge in [0.05, 0.1) is 0 Å². The zero-order chi connectivity index (χ0) is 23.1. The number of fused-ring (bicyclic) bond motifs is 5. The van der Waals surface area contributed by atoms with Crippen LogP contribution in [0.5, 0.6) is 0 Å². The van der Waals surface area contributed by atoms with Gasteiger partial charge in [-0.05, 0) is 97.7 Å². The summed E-state index contributed by atoms with van der Waals surface area (Å²) in [6.45, 7) is 14.7. The van der Waals surface area contributed by atoms with Crippen molar-refractivity contribution in [2.24, 2.45) is 46.3 Å². The summed E-state index contributed by atoms with van der Waals surface area (Å²) in [5, 5.41) is 0.926. The van der Waals surface area contributed by atoms with Gasteiger partial charge in [-0.2, -0.15) is 0 Å². The van der Waals surface area contributed by atoms with Crippen LogP contribution in [0.2, 0.25) is 0 Å². The van der Waals surface area contributed by atoms with Crippen molar-refractivity contribution < 1.29 is 4.79 Å². The second-order valence-corrected chi connectivity index (χ2v) is 14.4. The Morgan fingerprint density at radius 2 is 1.84 bits per heavy atom. The predicted octanol–water partition coefficient (Wildman–Crippen LogP) is 9.07. The van der Waals surface area contributed by atoms with Crippen LogP contribution in [0.4, 0.5) is 0 Å². The molecule has 0 unspecified atom stereocenters. The van der Waals surface area contributed by atoms with E-state index in [4.69, 9.17) is 0 Å². The fourth-order valence-corrected chi connectivity index (χ4v) is 10.1. The lowest BCUT2D eigenvalue weighted by Gasteiger charge is -2.58. The molecule has 3 fully saturated rings. The minimum atomic E-state index is 0.390. The molecule has 0 N–H and O–H groups in total. The molecule has 4 rings (SSSR count). The van der Waals surface area contributed by atoms with Crippen molar-refractivity contribution in [2.75, 3.05) is 0 Å². The Kier molecular flexibility index (Phi) is 7.61. The summed E-state index contributed by atoms with van der Waals surface area (Å²) >= 11 is 1.65. The molecular formula is C30H50OS. The maximum atomic E-state index is 12.0. The van der Waals surface area contributed by atoms with E-state index < -0.39 is 0 Å². The number of carbonyl (C=O) groups excluding carboxylic acids is 1. The molecule has 4 aliphatic carbocycles. The largest absolute Gasteiger partial charge is 0.287 e. The third kappa shape index (κ3) is 4.52. The summed E-state index contributed by atoms with van der Waals surface area (Å²) in [5.41, 5.74) is 2.73. The van der Waals surface area contributed by atoms with Crippen LogP contribution < -0.4 is 0 Å². The molecule has 0 aromatic rings. The highest BCUT2D eigenvalue weighted by molar-refractivity contribution is 8.14. The van der Waals surface area contributed by atoms with Gasteiger partial charge in [-0.25, -0.2) is 0 Å². The van der Waals surface area contributed by atoms with Gasteiger partial charge in [0.2, 0.25) is 0 Å². The van der Waals surface area contributed by atoms with Crippen molar-refractivity contribution in [3.8, 4) is 0 Å². The van der Waals surface area contributed by atoms with Crippen LogP contribution in [0.15, 0.2) is 11.6 Å². The summed E-state index contributed by atoms with van der Waals surface area (Å²) in [4.78, 5) is 12.0. The Labute approximate surface area is 203 Å². The number of hydrogen-bond donors (Lipinski definition) is 0. The molecule has 3 saturated carbocycles. The first-order valence-electron chi connectivity index (χ1n) is 14.1. The fraction of sp³-hybridized carbons (Fsp3) is 0.900. The highest BCUT2D eigenvalue weighted by atomic mass is 32.2. The van der Waals surface area contributed by atoms with E-state index in [-0.39, 0.29) is 0 Å². The smallest absolute Gasteiger partial charge is 0.188 e. The average Bonchev–Trinajstić information content (AvgIpc) is 3.11. The Hall–Kier alpha value is -0.240. The van der Waals surface area contributed by atoms with Crippen molar-refractivity contribution in [1.82, 2.24) is 0 Å². The number of rotatable bonds is 7. The Morgan fingerprint density at radius 1 is 1.06 bits per heavy atom. The fourth-order valence-electron chi connectivity index (χ4n) is 9.02. The van der Waals surface area contributed by atoms with Crippen molar-refractivity contribution in [3.63, 3.8) is 0 Å². The molecular weight excluding hydrogens is 408 g/mol. The van der Waals surface area contributed by atoms with E-state index >= 15 is 0 Å². The summed E-state index contributed by atoms with van der Waals surface area (Å²) in [7, 11) is 0. The normalized spacial score (nSPS) is 42.1. The molecule has 0 radical (unpaired) electrons. The van der Waals surface area contributed by atoms with Gasteiger partial charge in [-0.3, -0.25) is 4.79 Å². The summed E-state index contributed by atoms with van der Waals surface area (Å²) in [5.74, 6) is 5.45. The first-order chi connectivity index (χ1) is 15.2. The monoisotopic (exact) mass is 458 g/mol. The van der Waals surface area contributed by atoms with Crippen molar-refractivity contribution in [2.45, 2.75) is 124 Å². The standard InChI is InChI=1S/C30H50OS/c1-7-28(31)32-23-15-17-29(5)22(19-23)11-12-24-26-14-13-25(21(4)10-8-9-20(2)3)30(26,6)18-16-27(24)29/h11,20-21,23-27H,7-10,12-19H2,1-6H3/t21-,23+,24-,25+,26-,27-,29-,30+/m0/s1. The lowest BCUT2D eigenvalue weighted by Crippen LogP contribution is -2.50. The maximum Gasteiger partial charge on any atom is 0.188 e. The minimum Gasteiger partial charge on any atom is -0.287 e. The third-order valence-corrected chi connectivity index (χ3v) is 12.1. The minimum absolute atomic E-state index is 0.390. The number of carbonyl (C=O) groups is 1. The van der Waals surface area contributed by atoms with Crippen LogP contribution in [0.1, 0.15) is 119 Å². The second kappa shape index (κ2) is 9.79. The first kappa shape index (κ1) is 24.9. The van der Waals surface area contributed by atoms with Crippen LogP contribution in [0.25, 0.3) is 0 Å². The summed E-state index contributed by atoms with van der Waals surface area (Å²) < 4.78 is 0.